The van der Waals surface area contributed by atoms with Gasteiger partial charge >= 0.3 is 5.69 Å². The summed E-state index contributed by atoms with van der Waals surface area (Å²) < 4.78 is 5.66. The van der Waals surface area contributed by atoms with Crippen molar-refractivity contribution in [3.8, 4) is 0 Å². The number of para-hydroxylation sites is 1. The van der Waals surface area contributed by atoms with Crippen LogP contribution in [0, 0.1) is 16.0 Å². The molecule has 2 atom stereocenters. The predicted octanol–water partition coefficient (Wildman–Crippen LogP) is 3.25. The summed E-state index contributed by atoms with van der Waals surface area (Å²) in [5.74, 6) is 0.414. The molecular weight excluding hydrogens is 270 g/mol. The van der Waals surface area contributed by atoms with Crippen LogP contribution in [0.3, 0.4) is 0 Å². The fourth-order valence-corrected chi connectivity index (χ4v) is 2.83. The highest BCUT2D eigenvalue weighted by Gasteiger charge is 2.27. The van der Waals surface area contributed by atoms with Crippen LogP contribution >= 0.6 is 0 Å². The first-order chi connectivity index (χ1) is 10.2. The molecule has 0 amide bonds. The van der Waals surface area contributed by atoms with E-state index < -0.39 is 0 Å². The van der Waals surface area contributed by atoms with Gasteiger partial charge in [-0.05, 0) is 31.9 Å². The van der Waals surface area contributed by atoms with Crippen molar-refractivity contribution < 1.29 is 9.66 Å². The van der Waals surface area contributed by atoms with Gasteiger partial charge in [0.1, 0.15) is 11.4 Å². The second kappa shape index (κ2) is 7.26. The number of nitro benzene ring substituents is 1. The van der Waals surface area contributed by atoms with Crippen LogP contribution in [0.25, 0.3) is 0 Å². The van der Waals surface area contributed by atoms with E-state index in [4.69, 9.17) is 4.74 Å². The van der Waals surface area contributed by atoms with Gasteiger partial charge in [-0.25, -0.2) is 0 Å². The monoisotopic (exact) mass is 293 g/mol. The van der Waals surface area contributed by atoms with Crippen LogP contribution in [-0.4, -0.2) is 30.7 Å². The van der Waals surface area contributed by atoms with Crippen LogP contribution in [0.5, 0.6) is 0 Å². The van der Waals surface area contributed by atoms with Crippen molar-refractivity contribution in [3.05, 3.63) is 28.3 Å². The van der Waals surface area contributed by atoms with E-state index in [-0.39, 0.29) is 16.7 Å². The van der Waals surface area contributed by atoms with Gasteiger partial charge in [-0.3, -0.25) is 10.1 Å². The molecule has 1 aliphatic heterocycles. The summed E-state index contributed by atoms with van der Waals surface area (Å²) in [7, 11) is 0. The molecule has 0 aliphatic carbocycles. The maximum Gasteiger partial charge on any atom is 0.315 e. The lowest BCUT2D eigenvalue weighted by Crippen LogP contribution is -2.23. The Hall–Kier alpha value is -1.82. The molecule has 0 saturated carbocycles. The van der Waals surface area contributed by atoms with Gasteiger partial charge in [0.15, 0.2) is 0 Å². The molecule has 1 heterocycles. The van der Waals surface area contributed by atoms with Gasteiger partial charge in [0.25, 0.3) is 0 Å². The van der Waals surface area contributed by atoms with Crippen molar-refractivity contribution in [2.24, 2.45) is 5.92 Å². The molecule has 2 unspecified atom stereocenters. The Morgan fingerprint density at radius 3 is 2.67 bits per heavy atom. The zero-order valence-corrected chi connectivity index (χ0v) is 12.6. The molecule has 1 aromatic carbocycles. The van der Waals surface area contributed by atoms with E-state index in [1.54, 1.807) is 12.1 Å². The quantitative estimate of drug-likeness (QED) is 0.596. The molecule has 6 nitrogen and oxygen atoms in total. The van der Waals surface area contributed by atoms with E-state index in [0.717, 1.165) is 19.4 Å². The van der Waals surface area contributed by atoms with E-state index >= 15 is 0 Å². The summed E-state index contributed by atoms with van der Waals surface area (Å²) in [6.07, 6.45) is 2.24. The van der Waals surface area contributed by atoms with E-state index in [2.05, 4.69) is 17.6 Å². The SMILES string of the molecule is CCNc1cccc(NCC2CCOC2CC)c1[N+](=O)[O-]. The highest BCUT2D eigenvalue weighted by Crippen LogP contribution is 2.33. The normalized spacial score (nSPS) is 21.2. The van der Waals surface area contributed by atoms with Crippen molar-refractivity contribution >= 4 is 17.1 Å². The molecule has 0 radical (unpaired) electrons. The first-order valence-electron chi connectivity index (χ1n) is 7.54. The standard InChI is InChI=1S/C15H23N3O3/c1-3-14-11(8-9-21-14)10-17-13-7-5-6-12(16-4-2)15(13)18(19)20/h5-7,11,14,16-17H,3-4,8-10H2,1-2H3. The zero-order valence-electron chi connectivity index (χ0n) is 12.6. The van der Waals surface area contributed by atoms with Crippen molar-refractivity contribution in [1.29, 1.82) is 0 Å². The molecular formula is C15H23N3O3. The maximum atomic E-state index is 11.3. The Bertz CT molecular complexity index is 493. The minimum atomic E-state index is -0.331. The highest BCUT2D eigenvalue weighted by atomic mass is 16.6. The van der Waals surface area contributed by atoms with Gasteiger partial charge in [0.2, 0.25) is 0 Å². The number of hydrogen-bond acceptors (Lipinski definition) is 5. The van der Waals surface area contributed by atoms with E-state index in [1.807, 2.05) is 13.0 Å². The molecule has 6 heteroatoms. The largest absolute Gasteiger partial charge is 0.380 e. The fourth-order valence-electron chi connectivity index (χ4n) is 2.83. The minimum Gasteiger partial charge on any atom is -0.380 e. The molecule has 0 spiro atoms. The smallest absolute Gasteiger partial charge is 0.315 e. The Morgan fingerprint density at radius 2 is 2.05 bits per heavy atom. The first-order valence-corrected chi connectivity index (χ1v) is 7.54. The van der Waals surface area contributed by atoms with E-state index in [0.29, 0.717) is 30.4 Å². The fraction of sp³-hybridized carbons (Fsp3) is 0.600. The van der Waals surface area contributed by atoms with Gasteiger partial charge in [-0.15, -0.1) is 0 Å². The number of nitrogens with one attached hydrogen (secondary N) is 2. The first kappa shape index (κ1) is 15.6. The Morgan fingerprint density at radius 1 is 1.33 bits per heavy atom. The zero-order chi connectivity index (χ0) is 15.2. The Labute approximate surface area is 125 Å². The molecule has 2 rings (SSSR count). The summed E-state index contributed by atoms with van der Waals surface area (Å²) in [5, 5.41) is 17.6. The number of hydrogen-bond donors (Lipinski definition) is 2. The molecule has 1 aromatic rings. The lowest BCUT2D eigenvalue weighted by molar-refractivity contribution is -0.383. The van der Waals surface area contributed by atoms with Crippen LogP contribution in [0.15, 0.2) is 18.2 Å². The Kier molecular flexibility index (Phi) is 5.38. The third kappa shape index (κ3) is 3.64. The van der Waals surface area contributed by atoms with Crippen molar-refractivity contribution in [3.63, 3.8) is 0 Å². The lowest BCUT2D eigenvalue weighted by Gasteiger charge is -2.18. The lowest BCUT2D eigenvalue weighted by atomic mass is 9.99. The van der Waals surface area contributed by atoms with Crippen LogP contribution in [0.2, 0.25) is 0 Å². The molecule has 21 heavy (non-hydrogen) atoms. The highest BCUT2D eigenvalue weighted by molar-refractivity contribution is 5.76. The summed E-state index contributed by atoms with van der Waals surface area (Å²) in [6.45, 7) is 6.17. The van der Waals surface area contributed by atoms with E-state index in [1.165, 1.54) is 0 Å². The van der Waals surface area contributed by atoms with Crippen LogP contribution in [-0.2, 0) is 4.74 Å². The van der Waals surface area contributed by atoms with Gasteiger partial charge in [-0.1, -0.05) is 13.0 Å². The average molecular weight is 293 g/mol. The minimum absolute atomic E-state index is 0.117. The predicted molar refractivity (Wildman–Crippen MR) is 83.9 cm³/mol. The molecule has 1 aliphatic rings. The third-order valence-corrected chi connectivity index (χ3v) is 3.89. The second-order valence-corrected chi connectivity index (χ2v) is 5.24. The van der Waals surface area contributed by atoms with Crippen molar-refractivity contribution in [2.45, 2.75) is 32.8 Å². The van der Waals surface area contributed by atoms with Crippen LogP contribution < -0.4 is 10.6 Å². The molecule has 2 N–H and O–H groups in total. The number of benzene rings is 1. The number of rotatable bonds is 7. The van der Waals surface area contributed by atoms with Gasteiger partial charge < -0.3 is 15.4 Å². The average Bonchev–Trinajstić information content (AvgIpc) is 2.92. The number of nitro groups is 1. The molecule has 0 bridgehead atoms. The molecule has 0 aromatic heterocycles. The molecule has 1 saturated heterocycles. The number of ether oxygens (including phenoxy) is 1. The van der Waals surface area contributed by atoms with Gasteiger partial charge in [0, 0.05) is 25.6 Å². The Balaban J connectivity index is 2.12. The van der Waals surface area contributed by atoms with Crippen molar-refractivity contribution in [2.75, 3.05) is 30.3 Å². The second-order valence-electron chi connectivity index (χ2n) is 5.24. The van der Waals surface area contributed by atoms with Crippen LogP contribution in [0.4, 0.5) is 17.1 Å². The molecule has 116 valence electrons. The number of anilines is 2. The summed E-state index contributed by atoms with van der Waals surface area (Å²) in [5.41, 5.74) is 1.24. The number of nitrogens with zero attached hydrogens (tertiary/aromatic N) is 1. The topological polar surface area (TPSA) is 76.4 Å². The third-order valence-electron chi connectivity index (χ3n) is 3.89. The maximum absolute atomic E-state index is 11.3. The van der Waals surface area contributed by atoms with Gasteiger partial charge in [0.05, 0.1) is 11.0 Å². The van der Waals surface area contributed by atoms with Crippen molar-refractivity contribution in [1.82, 2.24) is 0 Å². The van der Waals surface area contributed by atoms with Crippen LogP contribution in [0.1, 0.15) is 26.7 Å². The van der Waals surface area contributed by atoms with Gasteiger partial charge in [-0.2, -0.15) is 0 Å². The summed E-state index contributed by atoms with van der Waals surface area (Å²) >= 11 is 0. The summed E-state index contributed by atoms with van der Waals surface area (Å²) in [6, 6.07) is 5.33. The molecule has 1 fully saturated rings. The summed E-state index contributed by atoms with van der Waals surface area (Å²) in [4.78, 5) is 11.0. The van der Waals surface area contributed by atoms with E-state index in [9.17, 15) is 10.1 Å².